The zero-order valence-corrected chi connectivity index (χ0v) is 18.5. The molecule has 5 heteroatoms. The standard InChI is InChI=1S/C28H28N2O3/c31-22-10-7-20(8-11-22)24-13-9-21-19-23(32)12-14-25(21)28(24)33-27-6-2-1-5-26(27)29-15-18-30-16-3-4-17-30/h1-2,5-14,19,29,31-32H,3-4,15-18H2. The molecule has 1 heterocycles. The summed E-state index contributed by atoms with van der Waals surface area (Å²) in [6.07, 6.45) is 2.58. The number of fused-ring (bicyclic) bond motifs is 1. The highest BCUT2D eigenvalue weighted by Gasteiger charge is 2.15. The lowest BCUT2D eigenvalue weighted by Crippen LogP contribution is -2.26. The molecule has 0 aliphatic carbocycles. The number of phenols is 2. The number of aromatic hydroxyl groups is 2. The third kappa shape index (κ3) is 4.73. The Morgan fingerprint density at radius 2 is 1.58 bits per heavy atom. The van der Waals surface area contributed by atoms with E-state index in [4.69, 9.17) is 4.74 Å². The molecule has 3 N–H and O–H groups in total. The largest absolute Gasteiger partial charge is 0.508 e. The minimum absolute atomic E-state index is 0.217. The van der Waals surface area contributed by atoms with Crippen LogP contribution in [0.3, 0.4) is 0 Å². The van der Waals surface area contributed by atoms with Gasteiger partial charge in [-0.2, -0.15) is 0 Å². The lowest BCUT2D eigenvalue weighted by Gasteiger charge is -2.19. The highest BCUT2D eigenvalue weighted by molar-refractivity contribution is 5.96. The van der Waals surface area contributed by atoms with Gasteiger partial charge >= 0.3 is 0 Å². The Labute approximate surface area is 193 Å². The van der Waals surface area contributed by atoms with Crippen molar-refractivity contribution in [1.29, 1.82) is 0 Å². The third-order valence-electron chi connectivity index (χ3n) is 6.17. The van der Waals surface area contributed by atoms with Crippen molar-refractivity contribution in [3.05, 3.63) is 78.9 Å². The summed E-state index contributed by atoms with van der Waals surface area (Å²) >= 11 is 0. The zero-order chi connectivity index (χ0) is 22.6. The minimum atomic E-state index is 0.217. The van der Waals surface area contributed by atoms with E-state index >= 15 is 0 Å². The van der Waals surface area contributed by atoms with E-state index in [1.54, 1.807) is 24.3 Å². The number of para-hydroxylation sites is 2. The van der Waals surface area contributed by atoms with Gasteiger partial charge in [-0.25, -0.2) is 0 Å². The van der Waals surface area contributed by atoms with Crippen LogP contribution in [0.25, 0.3) is 21.9 Å². The van der Waals surface area contributed by atoms with Crippen LogP contribution in [-0.4, -0.2) is 41.3 Å². The van der Waals surface area contributed by atoms with Crippen LogP contribution in [-0.2, 0) is 0 Å². The van der Waals surface area contributed by atoms with Crippen LogP contribution in [0.5, 0.6) is 23.0 Å². The fourth-order valence-electron chi connectivity index (χ4n) is 4.43. The van der Waals surface area contributed by atoms with Crippen LogP contribution < -0.4 is 10.1 Å². The van der Waals surface area contributed by atoms with Crippen molar-refractivity contribution in [2.75, 3.05) is 31.5 Å². The summed E-state index contributed by atoms with van der Waals surface area (Å²) < 4.78 is 6.58. The first-order valence-electron chi connectivity index (χ1n) is 11.5. The van der Waals surface area contributed by atoms with Crippen LogP contribution in [0.4, 0.5) is 5.69 Å². The van der Waals surface area contributed by atoms with E-state index in [9.17, 15) is 10.2 Å². The molecule has 4 aromatic carbocycles. The molecule has 0 atom stereocenters. The SMILES string of the molecule is Oc1ccc(-c2ccc3cc(O)ccc3c2Oc2ccccc2NCCN2CCCC2)cc1. The predicted octanol–water partition coefficient (Wildman–Crippen LogP) is 6.22. The van der Waals surface area contributed by atoms with Crippen molar-refractivity contribution < 1.29 is 14.9 Å². The minimum Gasteiger partial charge on any atom is -0.508 e. The molecule has 5 nitrogen and oxygen atoms in total. The Morgan fingerprint density at radius 3 is 2.39 bits per heavy atom. The second kappa shape index (κ2) is 9.43. The molecular weight excluding hydrogens is 412 g/mol. The molecule has 33 heavy (non-hydrogen) atoms. The van der Waals surface area contributed by atoms with E-state index in [0.29, 0.717) is 5.75 Å². The summed E-state index contributed by atoms with van der Waals surface area (Å²) in [6.45, 7) is 4.23. The van der Waals surface area contributed by atoms with Gasteiger partial charge in [0.15, 0.2) is 5.75 Å². The van der Waals surface area contributed by atoms with Gasteiger partial charge < -0.3 is 25.2 Å². The van der Waals surface area contributed by atoms with Crippen LogP contribution in [0.15, 0.2) is 78.9 Å². The summed E-state index contributed by atoms with van der Waals surface area (Å²) in [6, 6.07) is 24.4. The van der Waals surface area contributed by atoms with E-state index in [0.717, 1.165) is 46.4 Å². The lowest BCUT2D eigenvalue weighted by molar-refractivity contribution is 0.352. The van der Waals surface area contributed by atoms with Gasteiger partial charge in [0.2, 0.25) is 0 Å². The van der Waals surface area contributed by atoms with Gasteiger partial charge in [-0.1, -0.05) is 30.3 Å². The Morgan fingerprint density at radius 1 is 0.818 bits per heavy atom. The number of nitrogens with one attached hydrogen (secondary N) is 1. The Hall–Kier alpha value is -3.70. The molecule has 0 bridgehead atoms. The smallest absolute Gasteiger partial charge is 0.150 e. The van der Waals surface area contributed by atoms with Crippen LogP contribution in [0, 0.1) is 0 Å². The predicted molar refractivity (Wildman–Crippen MR) is 133 cm³/mol. The molecule has 168 valence electrons. The monoisotopic (exact) mass is 440 g/mol. The van der Waals surface area contributed by atoms with Crippen molar-refractivity contribution in [3.63, 3.8) is 0 Å². The second-order valence-corrected chi connectivity index (χ2v) is 8.47. The second-order valence-electron chi connectivity index (χ2n) is 8.47. The van der Waals surface area contributed by atoms with Crippen molar-refractivity contribution in [2.45, 2.75) is 12.8 Å². The number of hydrogen-bond donors (Lipinski definition) is 3. The maximum absolute atomic E-state index is 9.98. The number of hydrogen-bond acceptors (Lipinski definition) is 5. The number of benzene rings is 4. The Kier molecular flexibility index (Phi) is 6.05. The van der Waals surface area contributed by atoms with E-state index in [1.165, 1.54) is 25.9 Å². The average Bonchev–Trinajstić information content (AvgIpc) is 3.34. The zero-order valence-electron chi connectivity index (χ0n) is 18.5. The van der Waals surface area contributed by atoms with Crippen molar-refractivity contribution in [2.24, 2.45) is 0 Å². The molecule has 0 saturated carbocycles. The molecule has 1 saturated heterocycles. The number of phenolic OH excluding ortho intramolecular Hbond substituents is 2. The number of anilines is 1. The lowest BCUT2D eigenvalue weighted by atomic mass is 9.99. The maximum Gasteiger partial charge on any atom is 0.150 e. The van der Waals surface area contributed by atoms with E-state index in [-0.39, 0.29) is 11.5 Å². The van der Waals surface area contributed by atoms with Crippen LogP contribution >= 0.6 is 0 Å². The van der Waals surface area contributed by atoms with Crippen molar-refractivity contribution in [1.82, 2.24) is 4.90 Å². The van der Waals surface area contributed by atoms with Crippen LogP contribution in [0.1, 0.15) is 12.8 Å². The fourth-order valence-corrected chi connectivity index (χ4v) is 4.43. The molecule has 0 unspecified atom stereocenters. The number of rotatable bonds is 7. The Bertz CT molecular complexity index is 1250. The van der Waals surface area contributed by atoms with Gasteiger partial charge in [0.05, 0.1) is 5.69 Å². The fraction of sp³-hybridized carbons (Fsp3) is 0.214. The molecule has 0 aromatic heterocycles. The molecule has 4 aromatic rings. The van der Waals surface area contributed by atoms with Gasteiger partial charge in [-0.05, 0) is 85.4 Å². The summed E-state index contributed by atoms with van der Waals surface area (Å²) in [7, 11) is 0. The first-order valence-corrected chi connectivity index (χ1v) is 11.5. The van der Waals surface area contributed by atoms with Gasteiger partial charge in [0.1, 0.15) is 17.2 Å². The first kappa shape index (κ1) is 21.2. The third-order valence-corrected chi connectivity index (χ3v) is 6.17. The van der Waals surface area contributed by atoms with E-state index < -0.39 is 0 Å². The number of ether oxygens (including phenoxy) is 1. The van der Waals surface area contributed by atoms with Crippen molar-refractivity contribution in [3.8, 4) is 34.1 Å². The molecule has 5 rings (SSSR count). The molecule has 0 amide bonds. The summed E-state index contributed by atoms with van der Waals surface area (Å²) in [5.41, 5.74) is 2.81. The van der Waals surface area contributed by atoms with Gasteiger partial charge in [0.25, 0.3) is 0 Å². The average molecular weight is 441 g/mol. The molecule has 0 spiro atoms. The van der Waals surface area contributed by atoms with E-state index in [2.05, 4.69) is 10.2 Å². The molecule has 1 aliphatic heterocycles. The highest BCUT2D eigenvalue weighted by Crippen LogP contribution is 2.42. The first-order chi connectivity index (χ1) is 16.2. The van der Waals surface area contributed by atoms with E-state index in [1.807, 2.05) is 54.6 Å². The highest BCUT2D eigenvalue weighted by atomic mass is 16.5. The van der Waals surface area contributed by atoms with Gasteiger partial charge in [0, 0.05) is 24.0 Å². The normalized spacial score (nSPS) is 13.9. The maximum atomic E-state index is 9.98. The summed E-state index contributed by atoms with van der Waals surface area (Å²) in [4.78, 5) is 2.48. The Balaban J connectivity index is 1.50. The van der Waals surface area contributed by atoms with Crippen molar-refractivity contribution >= 4 is 16.5 Å². The van der Waals surface area contributed by atoms with Gasteiger partial charge in [-0.15, -0.1) is 0 Å². The number of nitrogens with zero attached hydrogens (tertiary/aromatic N) is 1. The topological polar surface area (TPSA) is 65.0 Å². The molecule has 1 fully saturated rings. The molecule has 1 aliphatic rings. The molecular formula is C28H28N2O3. The number of likely N-dealkylation sites (tertiary alicyclic amines) is 1. The summed E-state index contributed by atoms with van der Waals surface area (Å²) in [5.74, 6) is 1.90. The summed E-state index contributed by atoms with van der Waals surface area (Å²) in [5, 5.41) is 25.1. The van der Waals surface area contributed by atoms with Crippen LogP contribution in [0.2, 0.25) is 0 Å². The quantitative estimate of drug-likeness (QED) is 0.318. The molecule has 0 radical (unpaired) electrons. The van der Waals surface area contributed by atoms with Gasteiger partial charge in [-0.3, -0.25) is 0 Å².